The number of hydrogen-bond donors (Lipinski definition) is 2. The number of aromatic hydroxyl groups is 1. The van der Waals surface area contributed by atoms with Crippen LogP contribution >= 0.6 is 0 Å². The molecule has 1 aliphatic rings. The van der Waals surface area contributed by atoms with Crippen molar-refractivity contribution in [2.75, 3.05) is 11.9 Å². The number of anilines is 1. The van der Waals surface area contributed by atoms with Crippen molar-refractivity contribution in [2.24, 2.45) is 0 Å². The zero-order valence-corrected chi connectivity index (χ0v) is 11.7. The predicted molar refractivity (Wildman–Crippen MR) is 74.4 cm³/mol. The molecule has 1 aromatic carbocycles. The first-order valence-corrected chi connectivity index (χ1v) is 6.64. The third-order valence-corrected chi connectivity index (χ3v) is 3.34. The minimum atomic E-state index is -0.391. The van der Waals surface area contributed by atoms with E-state index in [4.69, 9.17) is 4.74 Å². The molecule has 104 valence electrons. The van der Waals surface area contributed by atoms with E-state index in [1.165, 1.54) is 0 Å². The van der Waals surface area contributed by atoms with Gasteiger partial charge < -0.3 is 15.2 Å². The third-order valence-electron chi connectivity index (χ3n) is 3.34. The van der Waals surface area contributed by atoms with Gasteiger partial charge in [-0.2, -0.15) is 0 Å². The van der Waals surface area contributed by atoms with Crippen LogP contribution in [0.2, 0.25) is 0 Å². The predicted octanol–water partition coefficient (Wildman–Crippen LogP) is 2.81. The van der Waals surface area contributed by atoms with Gasteiger partial charge in [0, 0.05) is 6.61 Å². The van der Waals surface area contributed by atoms with E-state index >= 15 is 0 Å². The summed E-state index contributed by atoms with van der Waals surface area (Å²) in [5.41, 5.74) is 1.48. The van der Waals surface area contributed by atoms with Crippen LogP contribution < -0.4 is 5.32 Å². The molecule has 19 heavy (non-hydrogen) atoms. The van der Waals surface area contributed by atoms with Crippen LogP contribution in [0.1, 0.15) is 39.2 Å². The smallest absolute Gasteiger partial charge is 0.253 e. The minimum Gasteiger partial charge on any atom is -0.506 e. The van der Waals surface area contributed by atoms with E-state index in [9.17, 15) is 9.90 Å². The van der Waals surface area contributed by atoms with E-state index in [-0.39, 0.29) is 17.1 Å². The average molecular weight is 263 g/mol. The molecule has 1 aliphatic heterocycles. The van der Waals surface area contributed by atoms with E-state index in [1.54, 1.807) is 6.07 Å². The molecule has 1 fully saturated rings. The van der Waals surface area contributed by atoms with E-state index in [0.717, 1.165) is 18.4 Å². The van der Waals surface area contributed by atoms with Gasteiger partial charge in [-0.05, 0) is 36.0 Å². The van der Waals surface area contributed by atoms with Crippen molar-refractivity contribution in [1.29, 1.82) is 0 Å². The fourth-order valence-electron chi connectivity index (χ4n) is 2.10. The molecular weight excluding hydrogens is 242 g/mol. The Morgan fingerprint density at radius 1 is 1.42 bits per heavy atom. The van der Waals surface area contributed by atoms with E-state index in [1.807, 2.05) is 12.1 Å². The Morgan fingerprint density at radius 2 is 2.16 bits per heavy atom. The molecule has 2 rings (SSSR count). The molecule has 0 spiro atoms. The highest BCUT2D eigenvalue weighted by atomic mass is 16.5. The van der Waals surface area contributed by atoms with Gasteiger partial charge in [0.2, 0.25) is 0 Å². The van der Waals surface area contributed by atoms with Gasteiger partial charge in [-0.15, -0.1) is 0 Å². The van der Waals surface area contributed by atoms with Crippen LogP contribution in [0.4, 0.5) is 5.69 Å². The number of nitrogens with one attached hydrogen (secondary N) is 1. The number of phenols is 1. The number of hydrogen-bond acceptors (Lipinski definition) is 3. The van der Waals surface area contributed by atoms with E-state index in [0.29, 0.717) is 12.3 Å². The molecule has 0 aliphatic carbocycles. The lowest BCUT2D eigenvalue weighted by Crippen LogP contribution is -2.27. The Balaban J connectivity index is 2.17. The lowest BCUT2D eigenvalue weighted by molar-refractivity contribution is -0.124. The average Bonchev–Trinajstić information content (AvgIpc) is 2.84. The summed E-state index contributed by atoms with van der Waals surface area (Å²) in [5, 5.41) is 12.6. The molecule has 4 nitrogen and oxygen atoms in total. The normalized spacial score (nSPS) is 19.4. The largest absolute Gasteiger partial charge is 0.506 e. The summed E-state index contributed by atoms with van der Waals surface area (Å²) in [7, 11) is 0. The van der Waals surface area contributed by atoms with Crippen LogP contribution in [0.15, 0.2) is 18.2 Å². The van der Waals surface area contributed by atoms with Crippen molar-refractivity contribution in [1.82, 2.24) is 0 Å². The van der Waals surface area contributed by atoms with Crippen LogP contribution in [0, 0.1) is 0 Å². The number of amides is 1. The van der Waals surface area contributed by atoms with Crippen molar-refractivity contribution in [2.45, 2.75) is 45.1 Å². The standard InChI is InChI=1S/C15H21NO3/c1-15(2,3)10-6-7-12(17)11(9-10)16-14(18)13-5-4-8-19-13/h6-7,9,13,17H,4-5,8H2,1-3H3,(H,16,18). The second-order valence-corrected chi connectivity index (χ2v) is 5.97. The molecule has 0 saturated carbocycles. The Kier molecular flexibility index (Phi) is 3.80. The van der Waals surface area contributed by atoms with Crippen LogP contribution in [-0.4, -0.2) is 23.7 Å². The van der Waals surface area contributed by atoms with Crippen LogP contribution in [0.25, 0.3) is 0 Å². The van der Waals surface area contributed by atoms with Crippen LogP contribution in [0.3, 0.4) is 0 Å². The van der Waals surface area contributed by atoms with Crippen molar-refractivity contribution in [3.63, 3.8) is 0 Å². The Hall–Kier alpha value is -1.55. The van der Waals surface area contributed by atoms with E-state index in [2.05, 4.69) is 26.1 Å². The summed E-state index contributed by atoms with van der Waals surface area (Å²) in [6.07, 6.45) is 1.26. The molecule has 4 heteroatoms. The molecule has 1 aromatic rings. The summed E-state index contributed by atoms with van der Waals surface area (Å²) < 4.78 is 5.33. The Labute approximate surface area is 113 Å². The summed E-state index contributed by atoms with van der Waals surface area (Å²) in [5.74, 6) is -0.0989. The fourth-order valence-corrected chi connectivity index (χ4v) is 2.10. The SMILES string of the molecule is CC(C)(C)c1ccc(O)c(NC(=O)C2CCCO2)c1. The highest BCUT2D eigenvalue weighted by molar-refractivity contribution is 5.95. The van der Waals surface area contributed by atoms with Gasteiger partial charge >= 0.3 is 0 Å². The number of carbonyl (C=O) groups excluding carboxylic acids is 1. The van der Waals surface area contributed by atoms with Crippen molar-refractivity contribution >= 4 is 11.6 Å². The van der Waals surface area contributed by atoms with Gasteiger partial charge in [0.15, 0.2) is 0 Å². The van der Waals surface area contributed by atoms with Gasteiger partial charge in [0.05, 0.1) is 5.69 Å². The van der Waals surface area contributed by atoms with Gasteiger partial charge in [-0.1, -0.05) is 26.8 Å². The molecule has 1 heterocycles. The first kappa shape index (κ1) is 13.9. The molecule has 1 atom stereocenters. The van der Waals surface area contributed by atoms with Gasteiger partial charge in [0.1, 0.15) is 11.9 Å². The zero-order chi connectivity index (χ0) is 14.0. The second-order valence-electron chi connectivity index (χ2n) is 5.97. The molecule has 0 radical (unpaired) electrons. The Morgan fingerprint density at radius 3 is 2.74 bits per heavy atom. The topological polar surface area (TPSA) is 58.6 Å². The molecule has 1 amide bonds. The Bertz CT molecular complexity index is 471. The molecule has 1 saturated heterocycles. The number of phenolic OH excluding ortho intramolecular Hbond substituents is 1. The second kappa shape index (κ2) is 5.21. The highest BCUT2D eigenvalue weighted by Crippen LogP contribution is 2.31. The third kappa shape index (κ3) is 3.26. The maximum Gasteiger partial charge on any atom is 0.253 e. The van der Waals surface area contributed by atoms with Crippen molar-refractivity contribution in [3.8, 4) is 5.75 Å². The molecular formula is C15H21NO3. The maximum absolute atomic E-state index is 12.0. The number of ether oxygens (including phenoxy) is 1. The van der Waals surface area contributed by atoms with Crippen molar-refractivity contribution in [3.05, 3.63) is 23.8 Å². The first-order valence-electron chi connectivity index (χ1n) is 6.64. The number of rotatable bonds is 2. The summed E-state index contributed by atoms with van der Waals surface area (Å²) in [6.45, 7) is 6.90. The molecule has 0 bridgehead atoms. The first-order chi connectivity index (χ1) is 8.88. The van der Waals surface area contributed by atoms with Crippen LogP contribution in [0.5, 0.6) is 5.75 Å². The number of carbonyl (C=O) groups is 1. The monoisotopic (exact) mass is 263 g/mol. The quantitative estimate of drug-likeness (QED) is 0.807. The van der Waals surface area contributed by atoms with Gasteiger partial charge in [-0.25, -0.2) is 0 Å². The van der Waals surface area contributed by atoms with Gasteiger partial charge in [0.25, 0.3) is 5.91 Å². The lowest BCUT2D eigenvalue weighted by Gasteiger charge is -2.21. The minimum absolute atomic E-state index is 0.0307. The number of benzene rings is 1. The summed E-state index contributed by atoms with van der Waals surface area (Å²) in [6, 6.07) is 5.31. The zero-order valence-electron chi connectivity index (χ0n) is 11.7. The molecule has 0 aromatic heterocycles. The summed E-state index contributed by atoms with van der Waals surface area (Å²) >= 11 is 0. The molecule has 2 N–H and O–H groups in total. The lowest BCUT2D eigenvalue weighted by atomic mass is 9.87. The van der Waals surface area contributed by atoms with Gasteiger partial charge in [-0.3, -0.25) is 4.79 Å². The summed E-state index contributed by atoms with van der Waals surface area (Å²) in [4.78, 5) is 12.0. The maximum atomic E-state index is 12.0. The van der Waals surface area contributed by atoms with Crippen LogP contribution in [-0.2, 0) is 14.9 Å². The fraction of sp³-hybridized carbons (Fsp3) is 0.533. The molecule has 1 unspecified atom stereocenters. The highest BCUT2D eigenvalue weighted by Gasteiger charge is 2.24. The van der Waals surface area contributed by atoms with E-state index < -0.39 is 6.10 Å². The van der Waals surface area contributed by atoms with Crippen molar-refractivity contribution < 1.29 is 14.6 Å².